The van der Waals surface area contributed by atoms with E-state index in [0.717, 1.165) is 13.0 Å². The summed E-state index contributed by atoms with van der Waals surface area (Å²) in [6.45, 7) is 2.92. The zero-order valence-corrected chi connectivity index (χ0v) is 9.09. The van der Waals surface area contributed by atoms with Gasteiger partial charge in [0.05, 0.1) is 18.8 Å². The van der Waals surface area contributed by atoms with E-state index in [2.05, 4.69) is 29.2 Å². The molecule has 1 aliphatic heterocycles. The molecule has 0 spiro atoms. The molecule has 0 saturated carbocycles. The number of nitrogens with two attached hydrogens (primary N) is 1. The average molecular weight is 212 g/mol. The lowest BCUT2D eigenvalue weighted by Crippen LogP contribution is -2.33. The minimum Gasteiger partial charge on any atom is -0.378 e. The van der Waals surface area contributed by atoms with E-state index in [1.54, 1.807) is 11.3 Å². The van der Waals surface area contributed by atoms with Crippen LogP contribution in [0.5, 0.6) is 0 Å². The Balaban J connectivity index is 2.07. The van der Waals surface area contributed by atoms with Crippen molar-refractivity contribution in [2.45, 2.75) is 25.5 Å². The fraction of sp³-hybridized carbons (Fsp3) is 0.600. The Bertz CT molecular complexity index is 276. The van der Waals surface area contributed by atoms with Crippen LogP contribution in [0.4, 0.5) is 0 Å². The summed E-state index contributed by atoms with van der Waals surface area (Å²) >= 11 is 1.71. The Kier molecular flexibility index (Phi) is 3.18. The summed E-state index contributed by atoms with van der Waals surface area (Å²) in [6.07, 6.45) is 1.46. The van der Waals surface area contributed by atoms with Crippen LogP contribution in [0.25, 0.3) is 0 Å². The first-order valence-electron chi connectivity index (χ1n) is 4.91. The highest BCUT2D eigenvalue weighted by atomic mass is 32.1. The monoisotopic (exact) mass is 212 g/mol. The van der Waals surface area contributed by atoms with Crippen LogP contribution in [-0.2, 0) is 4.74 Å². The van der Waals surface area contributed by atoms with E-state index in [4.69, 9.17) is 10.6 Å². The van der Waals surface area contributed by atoms with Crippen molar-refractivity contribution in [3.8, 4) is 0 Å². The Morgan fingerprint density at radius 1 is 1.71 bits per heavy atom. The molecule has 2 rings (SSSR count). The van der Waals surface area contributed by atoms with Crippen LogP contribution in [0.2, 0.25) is 0 Å². The summed E-state index contributed by atoms with van der Waals surface area (Å²) in [5.74, 6) is 6.09. The van der Waals surface area contributed by atoms with Crippen LogP contribution in [0.1, 0.15) is 24.9 Å². The number of hydrazine groups is 1. The molecule has 0 amide bonds. The Labute approximate surface area is 88.2 Å². The number of nitrogens with one attached hydrogen (secondary N) is 1. The van der Waals surface area contributed by atoms with E-state index in [1.165, 1.54) is 5.56 Å². The molecule has 1 saturated heterocycles. The molecule has 1 fully saturated rings. The van der Waals surface area contributed by atoms with E-state index in [-0.39, 0.29) is 6.04 Å². The standard InChI is InChI=1S/C10H16N2OS/c1-7-4-9(5-13-7)10(12-11)8-2-3-14-6-8/h2-3,6-7,9-10,12H,4-5,11H2,1H3. The first kappa shape index (κ1) is 10.1. The first-order valence-corrected chi connectivity index (χ1v) is 5.85. The van der Waals surface area contributed by atoms with Gasteiger partial charge in [-0.05, 0) is 35.7 Å². The maximum absolute atomic E-state index is 5.59. The van der Waals surface area contributed by atoms with Crippen molar-refractivity contribution in [3.05, 3.63) is 22.4 Å². The van der Waals surface area contributed by atoms with Gasteiger partial charge >= 0.3 is 0 Å². The quantitative estimate of drug-likeness (QED) is 0.592. The van der Waals surface area contributed by atoms with Gasteiger partial charge in [0, 0.05) is 5.92 Å². The molecule has 2 heterocycles. The number of ether oxygens (including phenoxy) is 1. The summed E-state index contributed by atoms with van der Waals surface area (Å²) in [7, 11) is 0. The molecule has 1 aliphatic rings. The zero-order chi connectivity index (χ0) is 9.97. The minimum absolute atomic E-state index is 0.242. The van der Waals surface area contributed by atoms with Crippen LogP contribution >= 0.6 is 11.3 Å². The highest BCUT2D eigenvalue weighted by Gasteiger charge is 2.29. The normalized spacial score (nSPS) is 29.3. The Morgan fingerprint density at radius 3 is 3.07 bits per heavy atom. The zero-order valence-electron chi connectivity index (χ0n) is 8.27. The van der Waals surface area contributed by atoms with Gasteiger partial charge in [0.2, 0.25) is 0 Å². The molecule has 0 bridgehead atoms. The van der Waals surface area contributed by atoms with Gasteiger partial charge in [-0.15, -0.1) is 0 Å². The molecular weight excluding hydrogens is 196 g/mol. The van der Waals surface area contributed by atoms with Crippen LogP contribution in [0.3, 0.4) is 0 Å². The highest BCUT2D eigenvalue weighted by molar-refractivity contribution is 7.07. The smallest absolute Gasteiger partial charge is 0.0551 e. The lowest BCUT2D eigenvalue weighted by Gasteiger charge is -2.20. The van der Waals surface area contributed by atoms with Crippen molar-refractivity contribution in [2.24, 2.45) is 11.8 Å². The second-order valence-corrected chi connectivity index (χ2v) is 4.62. The van der Waals surface area contributed by atoms with Crippen molar-refractivity contribution in [1.29, 1.82) is 0 Å². The fourth-order valence-electron chi connectivity index (χ4n) is 2.04. The predicted molar refractivity (Wildman–Crippen MR) is 57.9 cm³/mol. The molecule has 4 heteroatoms. The molecule has 3 atom stereocenters. The summed E-state index contributed by atoms with van der Waals surface area (Å²) < 4.78 is 5.55. The van der Waals surface area contributed by atoms with Gasteiger partial charge in [-0.25, -0.2) is 0 Å². The summed E-state index contributed by atoms with van der Waals surface area (Å²) in [6, 6.07) is 2.37. The van der Waals surface area contributed by atoms with E-state index in [1.807, 2.05) is 0 Å². The lowest BCUT2D eigenvalue weighted by atomic mass is 9.93. The largest absolute Gasteiger partial charge is 0.378 e. The van der Waals surface area contributed by atoms with E-state index in [0.29, 0.717) is 12.0 Å². The van der Waals surface area contributed by atoms with Gasteiger partial charge in [-0.2, -0.15) is 11.3 Å². The average Bonchev–Trinajstić information content (AvgIpc) is 2.79. The maximum atomic E-state index is 5.59. The first-order chi connectivity index (χ1) is 6.81. The van der Waals surface area contributed by atoms with Crippen LogP contribution < -0.4 is 11.3 Å². The Hall–Kier alpha value is -0.420. The van der Waals surface area contributed by atoms with Crippen LogP contribution in [-0.4, -0.2) is 12.7 Å². The fourth-order valence-corrected chi connectivity index (χ4v) is 2.74. The van der Waals surface area contributed by atoms with Gasteiger partial charge in [0.1, 0.15) is 0 Å². The number of rotatable bonds is 3. The minimum atomic E-state index is 0.242. The number of hydrogen-bond donors (Lipinski definition) is 2. The van der Waals surface area contributed by atoms with Crippen molar-refractivity contribution in [3.63, 3.8) is 0 Å². The highest BCUT2D eigenvalue weighted by Crippen LogP contribution is 2.31. The number of hydrogen-bond acceptors (Lipinski definition) is 4. The second-order valence-electron chi connectivity index (χ2n) is 3.84. The third kappa shape index (κ3) is 1.98. The van der Waals surface area contributed by atoms with Gasteiger partial charge in [0.15, 0.2) is 0 Å². The van der Waals surface area contributed by atoms with Gasteiger partial charge in [0.25, 0.3) is 0 Å². The third-order valence-electron chi connectivity index (χ3n) is 2.78. The molecule has 14 heavy (non-hydrogen) atoms. The van der Waals surface area contributed by atoms with Gasteiger partial charge < -0.3 is 4.74 Å². The summed E-state index contributed by atoms with van der Waals surface area (Å²) in [5, 5.41) is 4.23. The van der Waals surface area contributed by atoms with Crippen molar-refractivity contribution >= 4 is 11.3 Å². The lowest BCUT2D eigenvalue weighted by molar-refractivity contribution is 0.117. The molecule has 78 valence electrons. The molecule has 3 unspecified atom stereocenters. The van der Waals surface area contributed by atoms with E-state index in [9.17, 15) is 0 Å². The van der Waals surface area contributed by atoms with Crippen LogP contribution in [0, 0.1) is 5.92 Å². The van der Waals surface area contributed by atoms with E-state index >= 15 is 0 Å². The summed E-state index contributed by atoms with van der Waals surface area (Å²) in [5.41, 5.74) is 4.17. The van der Waals surface area contributed by atoms with E-state index < -0.39 is 0 Å². The van der Waals surface area contributed by atoms with Gasteiger partial charge in [-0.1, -0.05) is 0 Å². The second kappa shape index (κ2) is 4.40. The molecule has 3 N–H and O–H groups in total. The molecule has 0 aromatic carbocycles. The van der Waals surface area contributed by atoms with Crippen molar-refractivity contribution < 1.29 is 4.74 Å². The number of thiophene rings is 1. The molecule has 0 aliphatic carbocycles. The van der Waals surface area contributed by atoms with Crippen molar-refractivity contribution in [1.82, 2.24) is 5.43 Å². The van der Waals surface area contributed by atoms with Gasteiger partial charge in [-0.3, -0.25) is 11.3 Å². The predicted octanol–water partition coefficient (Wildman–Crippen LogP) is 1.68. The molecule has 1 aromatic heterocycles. The topological polar surface area (TPSA) is 47.3 Å². The SMILES string of the molecule is CC1CC(C(NN)c2ccsc2)CO1. The summed E-state index contributed by atoms with van der Waals surface area (Å²) in [4.78, 5) is 0. The molecular formula is C10H16N2OS. The van der Waals surface area contributed by atoms with Crippen molar-refractivity contribution in [2.75, 3.05) is 6.61 Å². The molecule has 3 nitrogen and oxygen atoms in total. The molecule has 1 aromatic rings. The van der Waals surface area contributed by atoms with Crippen LogP contribution in [0.15, 0.2) is 16.8 Å². The maximum Gasteiger partial charge on any atom is 0.0551 e. The molecule has 0 radical (unpaired) electrons. The third-order valence-corrected chi connectivity index (χ3v) is 3.48. The Morgan fingerprint density at radius 2 is 2.57 bits per heavy atom.